The minimum atomic E-state index is -4.87. The van der Waals surface area contributed by atoms with Gasteiger partial charge < -0.3 is 10.6 Å². The average Bonchev–Trinajstić information content (AvgIpc) is 3.32. The van der Waals surface area contributed by atoms with Crippen molar-refractivity contribution in [2.75, 3.05) is 0 Å². The Hall–Kier alpha value is -2.91. The van der Waals surface area contributed by atoms with E-state index < -0.39 is 34.9 Å². The molecule has 1 aliphatic carbocycles. The van der Waals surface area contributed by atoms with E-state index in [1.165, 1.54) is 24.4 Å². The van der Waals surface area contributed by atoms with Crippen LogP contribution in [0.5, 0.6) is 0 Å². The third kappa shape index (κ3) is 6.33. The van der Waals surface area contributed by atoms with Gasteiger partial charge >= 0.3 is 12.2 Å². The largest absolute Gasteiger partial charge is 0.416 e. The molecule has 0 saturated heterocycles. The van der Waals surface area contributed by atoms with Crippen LogP contribution in [-0.2, 0) is 18.1 Å². The van der Waals surface area contributed by atoms with Gasteiger partial charge in [-0.25, -0.2) is 13.6 Å². The summed E-state index contributed by atoms with van der Waals surface area (Å²) >= 11 is 12.3. The number of carbonyl (C=O) groups excluding carboxylic acids is 1. The van der Waals surface area contributed by atoms with Crippen LogP contribution >= 0.6 is 23.2 Å². The van der Waals surface area contributed by atoms with Crippen LogP contribution in [0.4, 0.5) is 26.7 Å². The highest BCUT2D eigenvalue weighted by molar-refractivity contribution is 6.31. The van der Waals surface area contributed by atoms with Crippen LogP contribution < -0.4 is 10.6 Å². The number of nitrogens with zero attached hydrogens (tertiary/aromatic N) is 1. The molecule has 1 heterocycles. The van der Waals surface area contributed by atoms with Crippen molar-refractivity contribution in [1.82, 2.24) is 15.6 Å². The van der Waals surface area contributed by atoms with E-state index in [1.54, 1.807) is 0 Å². The van der Waals surface area contributed by atoms with Gasteiger partial charge in [-0.05, 0) is 66.4 Å². The number of carbonyl (C=O) groups is 1. The molecule has 1 saturated carbocycles. The predicted molar refractivity (Wildman–Crippen MR) is 130 cm³/mol. The van der Waals surface area contributed by atoms with Gasteiger partial charge in [-0.15, -0.1) is 0 Å². The minimum Gasteiger partial charge on any atom is -0.335 e. The standard InChI is InChI=1S/C26H22Cl2F5N3O/c27-18-6-8-23(34-14-18)25(13-15-5-7-19(29)12-22(15)28,36-24(37)35-21-3-1-2-4-21)16-9-17(26(31,32)33)11-20(30)10-16/h5-12,14,21H,1-4,13H2,(H2,35,36,37). The van der Waals surface area contributed by atoms with Gasteiger partial charge in [0.25, 0.3) is 0 Å². The second-order valence-electron chi connectivity index (χ2n) is 8.99. The number of nitrogens with one attached hydrogen (secondary N) is 2. The van der Waals surface area contributed by atoms with Crippen LogP contribution in [0.1, 0.15) is 48.1 Å². The van der Waals surface area contributed by atoms with E-state index in [-0.39, 0.29) is 33.8 Å². The monoisotopic (exact) mass is 557 g/mol. The Labute approximate surface area is 220 Å². The van der Waals surface area contributed by atoms with E-state index >= 15 is 0 Å². The highest BCUT2D eigenvalue weighted by Gasteiger charge is 2.41. The quantitative estimate of drug-likeness (QED) is 0.310. The number of pyridine rings is 1. The fourth-order valence-electron chi connectivity index (χ4n) is 4.59. The summed E-state index contributed by atoms with van der Waals surface area (Å²) in [6.07, 6.45) is -0.505. The molecule has 0 aliphatic heterocycles. The van der Waals surface area contributed by atoms with Gasteiger partial charge in [-0.1, -0.05) is 42.1 Å². The van der Waals surface area contributed by atoms with Gasteiger partial charge in [0.15, 0.2) is 0 Å². The van der Waals surface area contributed by atoms with Crippen molar-refractivity contribution in [3.05, 3.63) is 98.8 Å². The molecular formula is C26H22Cl2F5N3O. The van der Waals surface area contributed by atoms with Crippen LogP contribution in [-0.4, -0.2) is 17.1 Å². The van der Waals surface area contributed by atoms with Crippen molar-refractivity contribution < 1.29 is 26.7 Å². The molecule has 3 aromatic rings. The molecule has 2 aromatic carbocycles. The second kappa shape index (κ2) is 10.8. The lowest BCUT2D eigenvalue weighted by Crippen LogP contribution is -2.54. The Bertz CT molecular complexity index is 1280. The zero-order valence-corrected chi connectivity index (χ0v) is 20.8. The molecule has 1 aliphatic rings. The fourth-order valence-corrected chi connectivity index (χ4v) is 4.93. The summed E-state index contributed by atoms with van der Waals surface area (Å²) < 4.78 is 69.5. The molecule has 2 amide bonds. The molecule has 0 radical (unpaired) electrons. The van der Waals surface area contributed by atoms with E-state index in [0.29, 0.717) is 11.6 Å². The Morgan fingerprint density at radius 2 is 1.65 bits per heavy atom. The lowest BCUT2D eigenvalue weighted by molar-refractivity contribution is -0.137. The van der Waals surface area contributed by atoms with Gasteiger partial charge in [0.05, 0.1) is 16.3 Å². The number of hydrogen-bond acceptors (Lipinski definition) is 2. The maximum atomic E-state index is 14.7. The number of aromatic nitrogens is 1. The molecule has 37 heavy (non-hydrogen) atoms. The fraction of sp³-hybridized carbons (Fsp3) is 0.308. The normalized spacial score (nSPS) is 15.9. The van der Waals surface area contributed by atoms with Crippen molar-refractivity contribution in [2.24, 2.45) is 0 Å². The maximum absolute atomic E-state index is 14.7. The lowest BCUT2D eigenvalue weighted by Gasteiger charge is -2.36. The lowest BCUT2D eigenvalue weighted by atomic mass is 9.79. The summed E-state index contributed by atoms with van der Waals surface area (Å²) in [6.45, 7) is 0. The maximum Gasteiger partial charge on any atom is 0.416 e. The summed E-state index contributed by atoms with van der Waals surface area (Å²) in [4.78, 5) is 17.5. The Balaban J connectivity index is 1.92. The number of benzene rings is 2. The van der Waals surface area contributed by atoms with Crippen molar-refractivity contribution >= 4 is 29.2 Å². The third-order valence-electron chi connectivity index (χ3n) is 6.37. The van der Waals surface area contributed by atoms with E-state index in [2.05, 4.69) is 15.6 Å². The molecule has 1 atom stereocenters. The number of alkyl halides is 3. The first-order chi connectivity index (χ1) is 17.5. The van der Waals surface area contributed by atoms with Crippen LogP contribution in [0.25, 0.3) is 0 Å². The van der Waals surface area contributed by atoms with Crippen LogP contribution in [0.15, 0.2) is 54.7 Å². The molecule has 2 N–H and O–H groups in total. The van der Waals surface area contributed by atoms with Gasteiger partial charge in [0, 0.05) is 23.7 Å². The van der Waals surface area contributed by atoms with Gasteiger partial charge in [-0.2, -0.15) is 13.2 Å². The van der Waals surface area contributed by atoms with E-state index in [0.717, 1.165) is 49.9 Å². The Morgan fingerprint density at radius 3 is 2.27 bits per heavy atom. The number of amides is 2. The van der Waals surface area contributed by atoms with Crippen molar-refractivity contribution in [3.8, 4) is 0 Å². The van der Waals surface area contributed by atoms with Crippen LogP contribution in [0.3, 0.4) is 0 Å². The summed E-state index contributed by atoms with van der Waals surface area (Å²) in [7, 11) is 0. The van der Waals surface area contributed by atoms with Crippen molar-refractivity contribution in [3.63, 3.8) is 0 Å². The summed E-state index contributed by atoms with van der Waals surface area (Å²) in [5, 5.41) is 5.82. The van der Waals surface area contributed by atoms with Crippen molar-refractivity contribution in [1.29, 1.82) is 0 Å². The molecule has 0 bridgehead atoms. The summed E-state index contributed by atoms with van der Waals surface area (Å²) in [5.74, 6) is -1.78. The van der Waals surface area contributed by atoms with E-state index in [9.17, 15) is 26.7 Å². The van der Waals surface area contributed by atoms with Crippen molar-refractivity contribution in [2.45, 2.75) is 49.9 Å². The second-order valence-corrected chi connectivity index (χ2v) is 9.83. The first-order valence-corrected chi connectivity index (χ1v) is 12.2. The molecule has 0 spiro atoms. The zero-order valence-electron chi connectivity index (χ0n) is 19.3. The Kier molecular flexibility index (Phi) is 7.94. The first-order valence-electron chi connectivity index (χ1n) is 11.5. The number of hydrogen-bond donors (Lipinski definition) is 2. The molecular weight excluding hydrogens is 536 g/mol. The molecule has 196 valence electrons. The summed E-state index contributed by atoms with van der Waals surface area (Å²) in [6, 6.07) is 7.62. The highest BCUT2D eigenvalue weighted by Crippen LogP contribution is 2.39. The topological polar surface area (TPSA) is 54.0 Å². The van der Waals surface area contributed by atoms with E-state index in [4.69, 9.17) is 23.2 Å². The van der Waals surface area contributed by atoms with Gasteiger partial charge in [0.2, 0.25) is 0 Å². The Morgan fingerprint density at radius 1 is 0.946 bits per heavy atom. The highest BCUT2D eigenvalue weighted by atomic mass is 35.5. The van der Waals surface area contributed by atoms with Crippen LogP contribution in [0, 0.1) is 11.6 Å². The molecule has 1 unspecified atom stereocenters. The molecule has 1 fully saturated rings. The SMILES string of the molecule is O=C(NC1CCCC1)NC(Cc1ccc(F)cc1Cl)(c1cc(F)cc(C(F)(F)F)c1)c1ccc(Cl)cn1. The first kappa shape index (κ1) is 27.1. The minimum absolute atomic E-state index is 0.0243. The predicted octanol–water partition coefficient (Wildman–Crippen LogP) is 7.41. The zero-order chi connectivity index (χ0) is 26.8. The number of rotatable bonds is 6. The molecule has 1 aromatic heterocycles. The smallest absolute Gasteiger partial charge is 0.335 e. The third-order valence-corrected chi connectivity index (χ3v) is 6.95. The molecule has 4 nitrogen and oxygen atoms in total. The number of urea groups is 1. The average molecular weight is 558 g/mol. The van der Waals surface area contributed by atoms with Gasteiger partial charge in [-0.3, -0.25) is 4.98 Å². The van der Waals surface area contributed by atoms with Crippen LogP contribution in [0.2, 0.25) is 10.0 Å². The number of halogens is 7. The summed E-state index contributed by atoms with van der Waals surface area (Å²) in [5.41, 5.74) is -2.94. The van der Waals surface area contributed by atoms with Gasteiger partial charge in [0.1, 0.15) is 17.2 Å². The van der Waals surface area contributed by atoms with E-state index in [1.807, 2.05) is 0 Å². The molecule has 11 heteroatoms. The molecule has 4 rings (SSSR count).